The Morgan fingerprint density at radius 1 is 1.26 bits per heavy atom. The standard InChI is InChI=1S/C23H28N4O4/c1-26(2)8-7-24-12-15-9-14-10-17-13(11-18(14)27(15)3)5-4-6-16-20(17)25-22(29)19(21(16)28)23(30)31/h9-11,24H,4-8,12H2,1-3H3,(H,30,31)(H2,25,28,29). The van der Waals surface area contributed by atoms with Crippen LogP contribution < -0.4 is 10.9 Å². The van der Waals surface area contributed by atoms with Crippen LogP contribution in [0.4, 0.5) is 0 Å². The SMILES string of the molecule is CN(C)CCNCc1cc2cc3c(cc2n1C)CCCc1c-3[nH]c(=O)c(C(=O)O)c1O. The number of aromatic nitrogens is 2. The van der Waals surface area contributed by atoms with Crippen molar-refractivity contribution in [2.45, 2.75) is 25.8 Å². The highest BCUT2D eigenvalue weighted by molar-refractivity contribution is 5.93. The quantitative estimate of drug-likeness (QED) is 0.451. The Morgan fingerprint density at radius 2 is 2.03 bits per heavy atom. The van der Waals surface area contributed by atoms with Gasteiger partial charge in [0.15, 0.2) is 5.56 Å². The molecular formula is C23H28N4O4. The van der Waals surface area contributed by atoms with E-state index in [4.69, 9.17) is 0 Å². The van der Waals surface area contributed by atoms with Crippen molar-refractivity contribution in [2.75, 3.05) is 27.2 Å². The third kappa shape index (κ3) is 3.84. The monoisotopic (exact) mass is 424 g/mol. The third-order valence-electron chi connectivity index (χ3n) is 6.05. The summed E-state index contributed by atoms with van der Waals surface area (Å²) in [5.74, 6) is -1.84. The molecule has 31 heavy (non-hydrogen) atoms. The number of aromatic amines is 1. The number of rotatable bonds is 6. The second kappa shape index (κ2) is 8.20. The van der Waals surface area contributed by atoms with E-state index in [0.717, 1.165) is 60.2 Å². The first-order valence-electron chi connectivity index (χ1n) is 10.5. The van der Waals surface area contributed by atoms with Crippen LogP contribution in [0, 0.1) is 0 Å². The molecule has 4 rings (SSSR count). The van der Waals surface area contributed by atoms with Crippen LogP contribution in [0.25, 0.3) is 22.2 Å². The molecule has 2 heterocycles. The van der Waals surface area contributed by atoms with Gasteiger partial charge >= 0.3 is 5.97 Å². The third-order valence-corrected chi connectivity index (χ3v) is 6.05. The topological polar surface area (TPSA) is 111 Å². The molecule has 4 N–H and O–H groups in total. The fourth-order valence-corrected chi connectivity index (χ4v) is 4.37. The maximum Gasteiger partial charge on any atom is 0.345 e. The maximum atomic E-state index is 12.4. The summed E-state index contributed by atoms with van der Waals surface area (Å²) in [5, 5.41) is 24.4. The normalized spacial score (nSPS) is 13.3. The summed E-state index contributed by atoms with van der Waals surface area (Å²) in [6.07, 6.45) is 2.04. The van der Waals surface area contributed by atoms with Gasteiger partial charge in [0.25, 0.3) is 5.56 Å². The lowest BCUT2D eigenvalue weighted by atomic mass is 9.98. The lowest BCUT2D eigenvalue weighted by molar-refractivity contribution is 0.0691. The highest BCUT2D eigenvalue weighted by Crippen LogP contribution is 2.38. The number of pyridine rings is 1. The zero-order chi connectivity index (χ0) is 22.3. The Hall–Kier alpha value is -3.10. The lowest BCUT2D eigenvalue weighted by Crippen LogP contribution is -2.26. The number of aryl methyl sites for hydroxylation is 2. The number of fused-ring (bicyclic) bond motifs is 4. The van der Waals surface area contributed by atoms with Gasteiger partial charge in [-0.1, -0.05) is 0 Å². The molecule has 0 unspecified atom stereocenters. The van der Waals surface area contributed by atoms with Crippen molar-refractivity contribution in [2.24, 2.45) is 7.05 Å². The van der Waals surface area contributed by atoms with Crippen LogP contribution in [0.15, 0.2) is 23.0 Å². The van der Waals surface area contributed by atoms with E-state index in [1.54, 1.807) is 0 Å². The fraction of sp³-hybridized carbons (Fsp3) is 0.391. The summed E-state index contributed by atoms with van der Waals surface area (Å²) in [5.41, 5.74) is 3.85. The lowest BCUT2D eigenvalue weighted by Gasteiger charge is -2.13. The first-order chi connectivity index (χ1) is 14.8. The number of nitrogens with one attached hydrogen (secondary N) is 2. The molecule has 8 nitrogen and oxygen atoms in total. The summed E-state index contributed by atoms with van der Waals surface area (Å²) in [4.78, 5) is 28.7. The first kappa shape index (κ1) is 21.1. The minimum atomic E-state index is -1.42. The Bertz CT molecular complexity index is 1220. The number of carboxylic acid groups (broad SMARTS) is 1. The van der Waals surface area contributed by atoms with Crippen molar-refractivity contribution in [1.82, 2.24) is 19.8 Å². The molecule has 0 fully saturated rings. The van der Waals surface area contributed by atoms with Crippen LogP contribution in [-0.4, -0.2) is 57.8 Å². The maximum absolute atomic E-state index is 12.4. The van der Waals surface area contributed by atoms with E-state index >= 15 is 0 Å². The Labute approximate surface area is 180 Å². The van der Waals surface area contributed by atoms with E-state index in [0.29, 0.717) is 17.7 Å². The second-order valence-corrected chi connectivity index (χ2v) is 8.43. The number of aromatic hydroxyl groups is 1. The molecule has 0 amide bonds. The fourth-order valence-electron chi connectivity index (χ4n) is 4.37. The van der Waals surface area contributed by atoms with Crippen molar-refractivity contribution in [1.29, 1.82) is 0 Å². The van der Waals surface area contributed by atoms with Crippen LogP contribution in [0.5, 0.6) is 5.75 Å². The highest BCUT2D eigenvalue weighted by Gasteiger charge is 2.26. The molecule has 0 spiro atoms. The molecule has 1 aliphatic rings. The predicted octanol–water partition coefficient (Wildman–Crippen LogP) is 2.08. The van der Waals surface area contributed by atoms with Gasteiger partial charge in [-0.15, -0.1) is 0 Å². The van der Waals surface area contributed by atoms with Crippen molar-refractivity contribution >= 4 is 16.9 Å². The molecule has 0 aliphatic heterocycles. The van der Waals surface area contributed by atoms with Crippen LogP contribution in [0.1, 0.15) is 33.6 Å². The van der Waals surface area contributed by atoms with E-state index in [1.165, 1.54) is 0 Å². The molecule has 0 radical (unpaired) electrons. The molecule has 0 saturated carbocycles. The van der Waals surface area contributed by atoms with Gasteiger partial charge in [0.2, 0.25) is 0 Å². The van der Waals surface area contributed by atoms with Crippen LogP contribution in [0.2, 0.25) is 0 Å². The zero-order valence-corrected chi connectivity index (χ0v) is 18.1. The van der Waals surface area contributed by atoms with Crippen molar-refractivity contribution < 1.29 is 15.0 Å². The van der Waals surface area contributed by atoms with E-state index in [1.807, 2.05) is 20.2 Å². The summed E-state index contributed by atoms with van der Waals surface area (Å²) in [7, 11) is 6.14. The molecule has 164 valence electrons. The first-order valence-corrected chi connectivity index (χ1v) is 10.5. The van der Waals surface area contributed by atoms with Gasteiger partial charge in [-0.25, -0.2) is 4.79 Å². The zero-order valence-electron chi connectivity index (χ0n) is 18.1. The average Bonchev–Trinajstić information content (AvgIpc) is 2.88. The number of carboxylic acids is 1. The number of hydrogen-bond acceptors (Lipinski definition) is 5. The number of hydrogen-bond donors (Lipinski definition) is 4. The second-order valence-electron chi connectivity index (χ2n) is 8.43. The number of likely N-dealkylation sites (N-methyl/N-ethyl adjacent to an activating group) is 1. The molecule has 1 aliphatic carbocycles. The summed E-state index contributed by atoms with van der Waals surface area (Å²) in [6.45, 7) is 2.61. The number of carbonyl (C=O) groups is 1. The summed E-state index contributed by atoms with van der Waals surface area (Å²) in [6, 6.07) is 6.31. The molecule has 2 aromatic heterocycles. The Balaban J connectivity index is 1.78. The number of nitrogens with zero attached hydrogens (tertiary/aromatic N) is 2. The van der Waals surface area contributed by atoms with Crippen LogP contribution in [-0.2, 0) is 26.4 Å². The van der Waals surface area contributed by atoms with Gasteiger partial charge in [-0.2, -0.15) is 0 Å². The minimum Gasteiger partial charge on any atom is -0.506 e. The van der Waals surface area contributed by atoms with Gasteiger partial charge in [0.1, 0.15) is 5.75 Å². The van der Waals surface area contributed by atoms with E-state index in [2.05, 4.69) is 38.9 Å². The van der Waals surface area contributed by atoms with Crippen LogP contribution in [0.3, 0.4) is 0 Å². The number of H-pyrrole nitrogens is 1. The van der Waals surface area contributed by atoms with E-state index < -0.39 is 22.8 Å². The van der Waals surface area contributed by atoms with Crippen molar-refractivity contribution in [3.63, 3.8) is 0 Å². The summed E-state index contributed by atoms with van der Waals surface area (Å²) >= 11 is 0. The Kier molecular flexibility index (Phi) is 5.60. The minimum absolute atomic E-state index is 0.418. The predicted molar refractivity (Wildman–Crippen MR) is 120 cm³/mol. The molecule has 0 saturated heterocycles. The van der Waals surface area contributed by atoms with Crippen molar-refractivity contribution in [3.05, 3.63) is 50.9 Å². The van der Waals surface area contributed by atoms with E-state index in [-0.39, 0.29) is 0 Å². The molecule has 0 bridgehead atoms. The molecule has 3 aromatic rings. The van der Waals surface area contributed by atoms with Crippen molar-refractivity contribution in [3.8, 4) is 17.0 Å². The molecule has 8 heteroatoms. The number of benzene rings is 1. The molecule has 1 aromatic carbocycles. The van der Waals surface area contributed by atoms with Gasteiger partial charge < -0.3 is 30.0 Å². The largest absolute Gasteiger partial charge is 0.506 e. The highest BCUT2D eigenvalue weighted by atomic mass is 16.4. The van der Waals surface area contributed by atoms with Gasteiger partial charge in [-0.05, 0) is 57.1 Å². The van der Waals surface area contributed by atoms with E-state index in [9.17, 15) is 19.8 Å². The molecular weight excluding hydrogens is 396 g/mol. The number of aromatic carboxylic acids is 1. The average molecular weight is 425 g/mol. The van der Waals surface area contributed by atoms with Gasteiger partial charge in [-0.3, -0.25) is 4.79 Å². The van der Waals surface area contributed by atoms with Crippen LogP contribution >= 0.6 is 0 Å². The Morgan fingerprint density at radius 3 is 2.74 bits per heavy atom. The van der Waals surface area contributed by atoms with Gasteiger partial charge in [0, 0.05) is 54.4 Å². The smallest absolute Gasteiger partial charge is 0.345 e. The molecule has 0 atom stereocenters. The summed E-state index contributed by atoms with van der Waals surface area (Å²) < 4.78 is 2.18. The van der Waals surface area contributed by atoms with Gasteiger partial charge in [0.05, 0.1) is 5.69 Å².